The van der Waals surface area contributed by atoms with E-state index in [0.717, 1.165) is 13.1 Å². The summed E-state index contributed by atoms with van der Waals surface area (Å²) in [6.45, 7) is 6.61. The minimum atomic E-state index is -0.472. The second-order valence-corrected chi connectivity index (χ2v) is 7.83. The van der Waals surface area contributed by atoms with Gasteiger partial charge in [-0.1, -0.05) is 52.4 Å². The van der Waals surface area contributed by atoms with Gasteiger partial charge in [0.15, 0.2) is 0 Å². The third-order valence-electron chi connectivity index (χ3n) is 2.94. The van der Waals surface area contributed by atoms with E-state index in [9.17, 15) is 0 Å². The van der Waals surface area contributed by atoms with Gasteiger partial charge < -0.3 is 10.6 Å². The molecule has 2 aliphatic heterocycles. The van der Waals surface area contributed by atoms with Crippen LogP contribution in [0.2, 0.25) is 0 Å². The molecule has 2 nitrogen and oxygen atoms in total. The van der Waals surface area contributed by atoms with Gasteiger partial charge in [0.25, 0.3) is 0 Å². The van der Waals surface area contributed by atoms with Crippen molar-refractivity contribution in [1.29, 1.82) is 0 Å². The van der Waals surface area contributed by atoms with Crippen LogP contribution in [0.25, 0.3) is 10.6 Å². The number of hydrogen-bond donors (Lipinski definition) is 0. The van der Waals surface area contributed by atoms with Crippen molar-refractivity contribution in [3.8, 4) is 0 Å². The van der Waals surface area contributed by atoms with Gasteiger partial charge in [-0.05, 0) is 0 Å². The van der Waals surface area contributed by atoms with Gasteiger partial charge in [-0.2, -0.15) is 0 Å². The van der Waals surface area contributed by atoms with Crippen molar-refractivity contribution in [3.63, 3.8) is 0 Å². The number of rotatable bonds is 0. The van der Waals surface area contributed by atoms with Crippen LogP contribution in [-0.2, 0) is 16.5 Å². The molecule has 2 atom stereocenters. The van der Waals surface area contributed by atoms with Crippen LogP contribution in [0.5, 0.6) is 0 Å². The number of halogens is 2. The van der Waals surface area contributed by atoms with E-state index in [4.69, 9.17) is 18.8 Å². The Balaban J connectivity index is 0.000000247. The summed E-state index contributed by atoms with van der Waals surface area (Å²) in [5.41, 5.74) is 0. The molecular formula is C12H24Cl2N2Pt. The zero-order valence-corrected chi connectivity index (χ0v) is 14.6. The topological polar surface area (TPSA) is 28.2 Å². The summed E-state index contributed by atoms with van der Waals surface area (Å²) in [7, 11) is 9.75. The van der Waals surface area contributed by atoms with Crippen LogP contribution in [0, 0.1) is 0 Å². The molecular weight excluding hydrogens is 438 g/mol. The van der Waals surface area contributed by atoms with Crippen molar-refractivity contribution in [3.05, 3.63) is 10.6 Å². The standard InChI is InChI=1S/2C6H12N.2ClH.Pt/c2*1-6-4-2-3-5-7-6;;;/h2*6H,2-5H2,1H3;2*1H;/q2*-1;;;+4/p-2/t2*6-;;;/m11.../s1. The molecule has 0 amide bonds. The van der Waals surface area contributed by atoms with Crippen LogP contribution in [0.15, 0.2) is 0 Å². The van der Waals surface area contributed by atoms with E-state index in [2.05, 4.69) is 24.5 Å². The van der Waals surface area contributed by atoms with Crippen LogP contribution in [0.3, 0.4) is 0 Å². The van der Waals surface area contributed by atoms with Gasteiger partial charge in [0, 0.05) is 0 Å². The molecule has 0 aromatic carbocycles. The Morgan fingerprint density at radius 3 is 1.29 bits per heavy atom. The first-order chi connectivity index (χ1) is 8.20. The van der Waals surface area contributed by atoms with Crippen LogP contribution < -0.4 is 0 Å². The molecule has 0 radical (unpaired) electrons. The van der Waals surface area contributed by atoms with E-state index in [0.29, 0.717) is 12.1 Å². The maximum absolute atomic E-state index is 4.88. The van der Waals surface area contributed by atoms with Crippen molar-refractivity contribution >= 4 is 18.8 Å². The van der Waals surface area contributed by atoms with Crippen molar-refractivity contribution < 1.29 is 16.5 Å². The molecule has 0 N–H and O–H groups in total. The molecule has 0 bridgehead atoms. The predicted molar refractivity (Wildman–Crippen MR) is 74.8 cm³/mol. The Morgan fingerprint density at radius 1 is 0.824 bits per heavy atom. The third-order valence-corrected chi connectivity index (χ3v) is 2.94. The Kier molecular flexibility index (Phi) is 14.6. The Hall–Kier alpha value is 1.19. The Labute approximate surface area is 123 Å². The van der Waals surface area contributed by atoms with Gasteiger partial charge in [-0.25, -0.2) is 0 Å². The second-order valence-electron chi connectivity index (χ2n) is 4.55. The van der Waals surface area contributed by atoms with E-state index in [-0.39, 0.29) is 0 Å². The zero-order chi connectivity index (χ0) is 12.9. The van der Waals surface area contributed by atoms with Gasteiger partial charge in [-0.15, -0.1) is 25.2 Å². The normalized spacial score (nSPS) is 28.5. The van der Waals surface area contributed by atoms with Gasteiger partial charge in [0.2, 0.25) is 0 Å². The van der Waals surface area contributed by atoms with E-state index >= 15 is 0 Å². The molecule has 0 saturated carbocycles. The summed E-state index contributed by atoms with van der Waals surface area (Å²) in [5.74, 6) is 0. The van der Waals surface area contributed by atoms with Crippen LogP contribution in [-0.4, -0.2) is 25.2 Å². The summed E-state index contributed by atoms with van der Waals surface area (Å²) in [6, 6.07) is 1.32. The molecule has 2 rings (SSSR count). The molecule has 5 heteroatoms. The molecule has 0 unspecified atom stereocenters. The first kappa shape index (κ1) is 18.2. The van der Waals surface area contributed by atoms with Crippen molar-refractivity contribution in [2.45, 2.75) is 64.5 Å². The Morgan fingerprint density at radius 2 is 1.18 bits per heavy atom. The molecule has 2 fully saturated rings. The molecule has 0 aromatic rings. The first-order valence-electron chi connectivity index (χ1n) is 6.36. The fourth-order valence-electron chi connectivity index (χ4n) is 1.91. The summed E-state index contributed by atoms with van der Waals surface area (Å²) in [5, 5.41) is 8.66. The van der Waals surface area contributed by atoms with Gasteiger partial charge in [0.1, 0.15) is 0 Å². The second kappa shape index (κ2) is 13.6. The summed E-state index contributed by atoms with van der Waals surface area (Å²) in [6.07, 6.45) is 8.07. The first-order valence-corrected chi connectivity index (χ1v) is 12.0. The predicted octanol–water partition coefficient (Wildman–Crippen LogP) is 5.24. The average Bonchev–Trinajstić information content (AvgIpc) is 2.33. The maximum atomic E-state index is 4.88. The molecule has 2 aliphatic rings. The van der Waals surface area contributed by atoms with Crippen LogP contribution in [0.1, 0.15) is 52.4 Å². The van der Waals surface area contributed by atoms with E-state index < -0.39 is 16.5 Å². The fraction of sp³-hybridized carbons (Fsp3) is 1.00. The van der Waals surface area contributed by atoms with E-state index in [1.54, 1.807) is 0 Å². The number of nitrogens with zero attached hydrogens (tertiary/aromatic N) is 2. The monoisotopic (exact) mass is 461 g/mol. The van der Waals surface area contributed by atoms with E-state index in [1.165, 1.54) is 38.5 Å². The van der Waals surface area contributed by atoms with Crippen LogP contribution in [0.4, 0.5) is 0 Å². The third kappa shape index (κ3) is 13.4. The Bertz CT molecular complexity index is 133. The molecule has 0 aliphatic carbocycles. The fourth-order valence-corrected chi connectivity index (χ4v) is 1.91. The molecule has 0 aromatic heterocycles. The molecule has 0 spiro atoms. The van der Waals surface area contributed by atoms with Crippen LogP contribution >= 0.6 is 18.8 Å². The van der Waals surface area contributed by atoms with Gasteiger partial charge in [0.05, 0.1) is 0 Å². The SMILES string of the molecule is C[C@@H]1CCCC[N-]1.C[C@@H]1CCCC[N-]1.[Cl][Pt+2][Cl]. The van der Waals surface area contributed by atoms with E-state index in [1.807, 2.05) is 0 Å². The minimum absolute atomic E-state index is 0.472. The summed E-state index contributed by atoms with van der Waals surface area (Å²) in [4.78, 5) is 0. The van der Waals surface area contributed by atoms with Gasteiger partial charge in [-0.3, -0.25) is 0 Å². The molecule has 106 valence electrons. The number of hydrogen-bond acceptors (Lipinski definition) is 0. The average molecular weight is 462 g/mol. The molecule has 17 heavy (non-hydrogen) atoms. The summed E-state index contributed by atoms with van der Waals surface area (Å²) < 4.78 is 0. The zero-order valence-electron chi connectivity index (χ0n) is 10.8. The quantitative estimate of drug-likeness (QED) is 0.471. The van der Waals surface area contributed by atoms with Crippen molar-refractivity contribution in [2.75, 3.05) is 13.1 Å². The van der Waals surface area contributed by atoms with Crippen molar-refractivity contribution in [1.82, 2.24) is 0 Å². The van der Waals surface area contributed by atoms with Crippen molar-refractivity contribution in [2.24, 2.45) is 0 Å². The van der Waals surface area contributed by atoms with Gasteiger partial charge >= 0.3 is 35.3 Å². The molecule has 2 heterocycles. The molecule has 2 saturated heterocycles. The summed E-state index contributed by atoms with van der Waals surface area (Å²) >= 11 is -0.472. The number of piperidine rings is 2.